The first-order chi connectivity index (χ1) is 11.8. The molecule has 0 aliphatic carbocycles. The summed E-state index contributed by atoms with van der Waals surface area (Å²) in [7, 11) is 0. The summed E-state index contributed by atoms with van der Waals surface area (Å²) >= 11 is 9.56. The predicted octanol–water partition coefficient (Wildman–Crippen LogP) is 4.85. The van der Waals surface area contributed by atoms with Gasteiger partial charge in [-0.05, 0) is 29.6 Å². The predicted molar refractivity (Wildman–Crippen MR) is 104 cm³/mol. The monoisotopic (exact) mass is 375 g/mol. The highest BCUT2D eigenvalue weighted by atomic mass is 35.5. The molecule has 3 aromatic rings. The number of hydrogen-bond donors (Lipinski definition) is 0. The first-order valence-electron chi connectivity index (χ1n) is 7.98. The van der Waals surface area contributed by atoms with Crippen LogP contribution in [0.5, 0.6) is 0 Å². The zero-order valence-electron chi connectivity index (χ0n) is 13.2. The van der Waals surface area contributed by atoms with Gasteiger partial charge in [-0.3, -0.25) is 4.90 Å². The van der Waals surface area contributed by atoms with Crippen molar-refractivity contribution in [2.45, 2.75) is 6.54 Å². The highest BCUT2D eigenvalue weighted by Gasteiger charge is 2.18. The molecule has 3 heterocycles. The van der Waals surface area contributed by atoms with E-state index in [1.54, 1.807) is 22.7 Å². The van der Waals surface area contributed by atoms with Crippen molar-refractivity contribution in [1.29, 1.82) is 0 Å². The summed E-state index contributed by atoms with van der Waals surface area (Å²) in [5.74, 6) is 0. The summed E-state index contributed by atoms with van der Waals surface area (Å²) in [6.45, 7) is 5.10. The van der Waals surface area contributed by atoms with Gasteiger partial charge in [-0.15, -0.1) is 11.3 Å². The minimum absolute atomic E-state index is 0.804. The second-order valence-corrected chi connectivity index (χ2v) is 7.97. The second-order valence-electron chi connectivity index (χ2n) is 5.90. The molecule has 0 spiro atoms. The van der Waals surface area contributed by atoms with Crippen molar-refractivity contribution in [1.82, 2.24) is 9.88 Å². The van der Waals surface area contributed by atoms with Crippen LogP contribution in [0.4, 0.5) is 5.69 Å². The average molecular weight is 376 g/mol. The maximum atomic E-state index is 6.10. The smallest absolute Gasteiger partial charge is 0.124 e. The van der Waals surface area contributed by atoms with Crippen molar-refractivity contribution >= 4 is 40.0 Å². The Bertz CT molecular complexity index is 792. The molecule has 0 unspecified atom stereocenters. The van der Waals surface area contributed by atoms with Crippen LogP contribution in [0.3, 0.4) is 0 Å². The van der Waals surface area contributed by atoms with Crippen molar-refractivity contribution in [3.8, 4) is 10.6 Å². The molecule has 1 saturated heterocycles. The summed E-state index contributed by atoms with van der Waals surface area (Å²) in [4.78, 5) is 9.67. The minimum atomic E-state index is 0.804. The molecule has 24 heavy (non-hydrogen) atoms. The van der Waals surface area contributed by atoms with E-state index < -0.39 is 0 Å². The molecule has 0 radical (unpaired) electrons. The van der Waals surface area contributed by atoms with E-state index in [0.29, 0.717) is 0 Å². The van der Waals surface area contributed by atoms with Crippen LogP contribution >= 0.6 is 34.3 Å². The van der Waals surface area contributed by atoms with E-state index in [4.69, 9.17) is 16.6 Å². The largest absolute Gasteiger partial charge is 0.369 e. The number of aromatic nitrogens is 1. The molecular formula is C18H18ClN3S2. The van der Waals surface area contributed by atoms with Crippen LogP contribution < -0.4 is 4.90 Å². The fourth-order valence-electron chi connectivity index (χ4n) is 2.96. The molecule has 0 saturated carbocycles. The first kappa shape index (κ1) is 16.1. The van der Waals surface area contributed by atoms with Gasteiger partial charge in [0.25, 0.3) is 0 Å². The third-order valence-corrected chi connectivity index (χ3v) is 6.11. The van der Waals surface area contributed by atoms with Gasteiger partial charge in [-0.1, -0.05) is 17.7 Å². The summed E-state index contributed by atoms with van der Waals surface area (Å²) in [5, 5.41) is 8.39. The quantitative estimate of drug-likeness (QED) is 0.650. The number of halogens is 1. The zero-order valence-corrected chi connectivity index (χ0v) is 15.6. The van der Waals surface area contributed by atoms with Crippen molar-refractivity contribution in [2.24, 2.45) is 0 Å². The Morgan fingerprint density at radius 3 is 2.71 bits per heavy atom. The van der Waals surface area contributed by atoms with E-state index in [0.717, 1.165) is 42.8 Å². The highest BCUT2D eigenvalue weighted by Crippen LogP contribution is 2.26. The fourth-order valence-corrected chi connectivity index (χ4v) is 4.67. The lowest BCUT2D eigenvalue weighted by molar-refractivity contribution is 0.247. The molecule has 6 heteroatoms. The van der Waals surface area contributed by atoms with Gasteiger partial charge in [-0.2, -0.15) is 11.3 Å². The Hall–Kier alpha value is -1.40. The Kier molecular flexibility index (Phi) is 4.85. The Labute approximate surface area is 155 Å². The van der Waals surface area contributed by atoms with Crippen molar-refractivity contribution < 1.29 is 0 Å². The van der Waals surface area contributed by atoms with Gasteiger partial charge in [0.05, 0.1) is 5.69 Å². The Balaban J connectivity index is 1.35. The number of benzene rings is 1. The highest BCUT2D eigenvalue weighted by molar-refractivity contribution is 7.14. The number of anilines is 1. The third kappa shape index (κ3) is 3.64. The van der Waals surface area contributed by atoms with E-state index in [9.17, 15) is 0 Å². The molecule has 0 bridgehead atoms. The summed E-state index contributed by atoms with van der Waals surface area (Å²) < 4.78 is 0. The van der Waals surface area contributed by atoms with Crippen LogP contribution in [-0.4, -0.2) is 36.1 Å². The van der Waals surface area contributed by atoms with Crippen LogP contribution in [0.2, 0.25) is 5.02 Å². The zero-order chi connectivity index (χ0) is 16.4. The number of nitrogens with zero attached hydrogens (tertiary/aromatic N) is 3. The molecule has 4 rings (SSSR count). The van der Waals surface area contributed by atoms with Gasteiger partial charge in [0.1, 0.15) is 5.01 Å². The van der Waals surface area contributed by atoms with Gasteiger partial charge in [-0.25, -0.2) is 4.98 Å². The van der Waals surface area contributed by atoms with Crippen LogP contribution in [-0.2, 0) is 6.54 Å². The molecule has 124 valence electrons. The van der Waals surface area contributed by atoms with E-state index in [1.165, 1.54) is 16.9 Å². The molecule has 0 N–H and O–H groups in total. The Morgan fingerprint density at radius 1 is 1.08 bits per heavy atom. The van der Waals surface area contributed by atoms with Crippen LogP contribution in [0.15, 0.2) is 46.5 Å². The normalized spacial score (nSPS) is 15.8. The van der Waals surface area contributed by atoms with Crippen LogP contribution in [0, 0.1) is 0 Å². The van der Waals surface area contributed by atoms with Gasteiger partial charge in [0, 0.05) is 59.8 Å². The van der Waals surface area contributed by atoms with Gasteiger partial charge < -0.3 is 4.90 Å². The molecule has 2 aromatic heterocycles. The molecule has 1 aliphatic rings. The number of rotatable bonds is 4. The summed E-state index contributed by atoms with van der Waals surface area (Å²) in [5.41, 5.74) is 3.63. The molecule has 1 aromatic carbocycles. The van der Waals surface area contributed by atoms with Gasteiger partial charge in [0.15, 0.2) is 0 Å². The maximum Gasteiger partial charge on any atom is 0.124 e. The molecule has 3 nitrogen and oxygen atoms in total. The molecule has 0 amide bonds. The first-order valence-corrected chi connectivity index (χ1v) is 10.2. The molecule has 1 fully saturated rings. The van der Waals surface area contributed by atoms with Gasteiger partial charge >= 0.3 is 0 Å². The summed E-state index contributed by atoms with van der Waals surface area (Å²) in [6.07, 6.45) is 0. The topological polar surface area (TPSA) is 19.4 Å². The molecule has 1 aliphatic heterocycles. The number of hydrogen-bond acceptors (Lipinski definition) is 5. The molecule has 0 atom stereocenters. The molecular weight excluding hydrogens is 358 g/mol. The van der Waals surface area contributed by atoms with Crippen molar-refractivity contribution in [3.63, 3.8) is 0 Å². The summed E-state index contributed by atoms with van der Waals surface area (Å²) in [6, 6.07) is 10.3. The van der Waals surface area contributed by atoms with Crippen LogP contribution in [0.25, 0.3) is 10.6 Å². The lowest BCUT2D eigenvalue weighted by atomic mass is 10.2. The number of piperazine rings is 1. The lowest BCUT2D eigenvalue weighted by Crippen LogP contribution is -2.46. The third-order valence-electron chi connectivity index (χ3n) is 4.25. The number of thiazole rings is 1. The minimum Gasteiger partial charge on any atom is -0.369 e. The van der Waals surface area contributed by atoms with Gasteiger partial charge in [0.2, 0.25) is 0 Å². The van der Waals surface area contributed by atoms with Crippen LogP contribution in [0.1, 0.15) is 5.69 Å². The fraction of sp³-hybridized carbons (Fsp3) is 0.278. The van der Waals surface area contributed by atoms with E-state index >= 15 is 0 Å². The van der Waals surface area contributed by atoms with E-state index in [-0.39, 0.29) is 0 Å². The van der Waals surface area contributed by atoms with Crippen molar-refractivity contribution in [2.75, 3.05) is 31.1 Å². The Morgan fingerprint density at radius 2 is 1.96 bits per heavy atom. The van der Waals surface area contributed by atoms with E-state index in [2.05, 4.69) is 38.1 Å². The lowest BCUT2D eigenvalue weighted by Gasteiger charge is -2.35. The standard InChI is InChI=1S/C18H18ClN3S2/c19-15-2-1-3-17(10-15)22-7-5-21(6-8-22)11-16-13-24-18(20-16)14-4-9-23-12-14/h1-4,9-10,12-13H,5-8,11H2. The maximum absolute atomic E-state index is 6.10. The van der Waals surface area contributed by atoms with E-state index in [1.807, 2.05) is 18.2 Å². The second kappa shape index (κ2) is 7.23. The SMILES string of the molecule is Clc1cccc(N2CCN(Cc3csc(-c4ccsc4)n3)CC2)c1. The van der Waals surface area contributed by atoms with Crippen molar-refractivity contribution in [3.05, 3.63) is 57.2 Å². The number of thiophene rings is 1. The average Bonchev–Trinajstić information content (AvgIpc) is 3.27.